The standard InChI is InChI=1S/C39H26N4/c1-40-34-17-7-5-15-29(34)31-20-21-32-30-16-6-8-19-37(30)43(28-13-3-2-4-14-28)39(32)38(31)27-12-9-11-26(25-27)33-22-23-35-36(42-33)18-10-24-41-35/h2-25H,1H2. The number of pyridine rings is 2. The number of rotatable bonds is 5. The van der Waals surface area contributed by atoms with Crippen LogP contribution in [0, 0.1) is 0 Å². The molecule has 0 unspecified atom stereocenters. The molecule has 0 spiro atoms. The van der Waals surface area contributed by atoms with E-state index in [1.807, 2.05) is 36.4 Å². The van der Waals surface area contributed by atoms with Crippen LogP contribution in [-0.2, 0) is 0 Å². The molecule has 0 aliphatic heterocycles. The number of aromatic nitrogens is 3. The summed E-state index contributed by atoms with van der Waals surface area (Å²) in [4.78, 5) is 13.8. The molecule has 5 aromatic carbocycles. The first kappa shape index (κ1) is 24.9. The van der Waals surface area contributed by atoms with Gasteiger partial charge in [0.05, 0.1) is 33.4 Å². The van der Waals surface area contributed by atoms with Crippen molar-refractivity contribution in [3.8, 4) is 39.2 Å². The highest BCUT2D eigenvalue weighted by molar-refractivity contribution is 6.17. The lowest BCUT2D eigenvalue weighted by molar-refractivity contribution is 1.18. The van der Waals surface area contributed by atoms with Gasteiger partial charge in [-0.3, -0.25) is 9.98 Å². The van der Waals surface area contributed by atoms with Gasteiger partial charge in [0, 0.05) is 39.3 Å². The molecule has 0 fully saturated rings. The summed E-state index contributed by atoms with van der Waals surface area (Å²) < 4.78 is 2.39. The maximum atomic E-state index is 4.96. The van der Waals surface area contributed by atoms with Crippen LogP contribution in [0.15, 0.2) is 151 Å². The first-order valence-electron chi connectivity index (χ1n) is 14.3. The summed E-state index contributed by atoms with van der Waals surface area (Å²) in [5.41, 5.74) is 12.4. The molecule has 8 rings (SSSR count). The van der Waals surface area contributed by atoms with Crippen LogP contribution < -0.4 is 0 Å². The third-order valence-corrected chi connectivity index (χ3v) is 8.12. The van der Waals surface area contributed by atoms with Crippen LogP contribution in [0.3, 0.4) is 0 Å². The molecule has 0 radical (unpaired) electrons. The molecule has 3 aromatic heterocycles. The Kier molecular flexibility index (Phi) is 5.90. The monoisotopic (exact) mass is 550 g/mol. The van der Waals surface area contributed by atoms with Crippen LogP contribution in [0.2, 0.25) is 0 Å². The van der Waals surface area contributed by atoms with E-state index in [4.69, 9.17) is 4.98 Å². The average molecular weight is 551 g/mol. The summed E-state index contributed by atoms with van der Waals surface area (Å²) in [5.74, 6) is 0. The van der Waals surface area contributed by atoms with Crippen molar-refractivity contribution >= 4 is 45.2 Å². The van der Waals surface area contributed by atoms with Gasteiger partial charge in [-0.05, 0) is 72.4 Å². The van der Waals surface area contributed by atoms with Crippen LogP contribution in [0.1, 0.15) is 0 Å². The number of hydrogen-bond acceptors (Lipinski definition) is 3. The topological polar surface area (TPSA) is 43.1 Å². The van der Waals surface area contributed by atoms with Gasteiger partial charge in [0.25, 0.3) is 0 Å². The Morgan fingerprint density at radius 2 is 1.40 bits per heavy atom. The molecular formula is C39H26N4. The second kappa shape index (κ2) is 10.2. The lowest BCUT2D eigenvalue weighted by atomic mass is 9.90. The zero-order valence-corrected chi connectivity index (χ0v) is 23.4. The van der Waals surface area contributed by atoms with Crippen molar-refractivity contribution in [2.45, 2.75) is 0 Å². The second-order valence-electron chi connectivity index (χ2n) is 10.6. The summed E-state index contributed by atoms with van der Waals surface area (Å²) in [7, 11) is 0. The minimum Gasteiger partial charge on any atom is -0.309 e. The van der Waals surface area contributed by atoms with E-state index in [1.54, 1.807) is 6.20 Å². The first-order chi connectivity index (χ1) is 21.3. The number of nitrogens with zero attached hydrogens (tertiary/aromatic N) is 4. The van der Waals surface area contributed by atoms with Crippen LogP contribution in [-0.4, -0.2) is 21.3 Å². The Morgan fingerprint density at radius 1 is 0.581 bits per heavy atom. The summed E-state index contributed by atoms with van der Waals surface area (Å²) in [6.07, 6.45) is 1.80. The lowest BCUT2D eigenvalue weighted by Gasteiger charge is -2.17. The molecule has 0 saturated heterocycles. The van der Waals surface area contributed by atoms with E-state index < -0.39 is 0 Å². The number of hydrogen-bond donors (Lipinski definition) is 0. The Bertz CT molecular complexity index is 2320. The fourth-order valence-electron chi connectivity index (χ4n) is 6.21. The first-order valence-corrected chi connectivity index (χ1v) is 14.3. The molecule has 0 bridgehead atoms. The molecule has 43 heavy (non-hydrogen) atoms. The number of benzene rings is 5. The van der Waals surface area contributed by atoms with Gasteiger partial charge in [-0.25, -0.2) is 4.98 Å². The van der Waals surface area contributed by atoms with Gasteiger partial charge >= 0.3 is 0 Å². The molecule has 0 saturated carbocycles. The van der Waals surface area contributed by atoms with E-state index in [-0.39, 0.29) is 0 Å². The normalized spacial score (nSPS) is 11.3. The van der Waals surface area contributed by atoms with Crippen molar-refractivity contribution in [3.05, 3.63) is 146 Å². The SMILES string of the molecule is C=Nc1ccccc1-c1ccc2c3ccccc3n(-c3ccccc3)c2c1-c1cccc(-c2ccc3ncccc3n2)c1. The zero-order valence-electron chi connectivity index (χ0n) is 23.4. The van der Waals surface area contributed by atoms with Gasteiger partial charge in [0.1, 0.15) is 0 Å². The fraction of sp³-hybridized carbons (Fsp3) is 0. The van der Waals surface area contributed by atoms with Crippen LogP contribution in [0.5, 0.6) is 0 Å². The molecule has 202 valence electrons. The predicted octanol–water partition coefficient (Wildman–Crippen LogP) is 10.1. The minimum atomic E-state index is 0.852. The van der Waals surface area contributed by atoms with E-state index >= 15 is 0 Å². The molecule has 0 amide bonds. The van der Waals surface area contributed by atoms with Crippen molar-refractivity contribution in [1.29, 1.82) is 0 Å². The highest BCUT2D eigenvalue weighted by Gasteiger charge is 2.21. The maximum absolute atomic E-state index is 4.96. The van der Waals surface area contributed by atoms with Crippen molar-refractivity contribution in [1.82, 2.24) is 14.5 Å². The smallest absolute Gasteiger partial charge is 0.0894 e. The van der Waals surface area contributed by atoms with Crippen molar-refractivity contribution < 1.29 is 0 Å². The van der Waals surface area contributed by atoms with Crippen LogP contribution in [0.25, 0.3) is 72.0 Å². The molecule has 0 aliphatic rings. The number of aliphatic imine (C=N–C) groups is 1. The summed E-state index contributed by atoms with van der Waals surface area (Å²) in [6, 6.07) is 48.6. The Morgan fingerprint density at radius 3 is 2.30 bits per heavy atom. The highest BCUT2D eigenvalue weighted by atomic mass is 15.0. The highest BCUT2D eigenvalue weighted by Crippen LogP contribution is 2.45. The lowest BCUT2D eigenvalue weighted by Crippen LogP contribution is -1.97. The molecule has 3 heterocycles. The average Bonchev–Trinajstić information content (AvgIpc) is 3.42. The van der Waals surface area contributed by atoms with Gasteiger partial charge in [0.15, 0.2) is 0 Å². The molecule has 4 nitrogen and oxygen atoms in total. The van der Waals surface area contributed by atoms with E-state index in [0.29, 0.717) is 0 Å². The molecule has 0 N–H and O–H groups in total. The molecule has 0 aliphatic carbocycles. The molecule has 4 heteroatoms. The van der Waals surface area contributed by atoms with E-state index in [9.17, 15) is 0 Å². The largest absolute Gasteiger partial charge is 0.309 e. The van der Waals surface area contributed by atoms with Gasteiger partial charge < -0.3 is 4.57 Å². The van der Waals surface area contributed by atoms with Crippen molar-refractivity contribution in [3.63, 3.8) is 0 Å². The predicted molar refractivity (Wildman–Crippen MR) is 179 cm³/mol. The summed E-state index contributed by atoms with van der Waals surface area (Å²) in [5, 5.41) is 2.41. The van der Waals surface area contributed by atoms with E-state index in [1.165, 1.54) is 10.8 Å². The summed E-state index contributed by atoms with van der Waals surface area (Å²) in [6.45, 7) is 3.89. The Balaban J connectivity index is 1.49. The van der Waals surface area contributed by atoms with Gasteiger partial charge in [-0.2, -0.15) is 0 Å². The van der Waals surface area contributed by atoms with Crippen molar-refractivity contribution in [2.24, 2.45) is 4.99 Å². The van der Waals surface area contributed by atoms with E-state index in [0.717, 1.165) is 67.0 Å². The quantitative estimate of drug-likeness (QED) is 0.200. The fourth-order valence-corrected chi connectivity index (χ4v) is 6.21. The van der Waals surface area contributed by atoms with Crippen LogP contribution in [0.4, 0.5) is 5.69 Å². The summed E-state index contributed by atoms with van der Waals surface area (Å²) >= 11 is 0. The Labute approximate surface area is 249 Å². The van der Waals surface area contributed by atoms with Crippen LogP contribution >= 0.6 is 0 Å². The molecular weight excluding hydrogens is 524 g/mol. The number of para-hydroxylation sites is 3. The zero-order chi connectivity index (χ0) is 28.8. The molecule has 8 aromatic rings. The van der Waals surface area contributed by atoms with Crippen molar-refractivity contribution in [2.75, 3.05) is 0 Å². The number of fused-ring (bicyclic) bond motifs is 4. The van der Waals surface area contributed by atoms with E-state index in [2.05, 4.69) is 124 Å². The van der Waals surface area contributed by atoms with Gasteiger partial charge in [0.2, 0.25) is 0 Å². The second-order valence-corrected chi connectivity index (χ2v) is 10.6. The van der Waals surface area contributed by atoms with Gasteiger partial charge in [-0.1, -0.05) is 84.9 Å². The third-order valence-electron chi connectivity index (χ3n) is 8.12. The maximum Gasteiger partial charge on any atom is 0.0894 e. The van der Waals surface area contributed by atoms with Gasteiger partial charge in [-0.15, -0.1) is 0 Å². The molecule has 0 atom stereocenters. The Hall–Kier alpha value is -5.87. The third kappa shape index (κ3) is 4.12. The minimum absolute atomic E-state index is 0.852.